The molecule has 0 aliphatic rings. The number of hydrogen-bond acceptors (Lipinski definition) is 3. The number of anilines is 1. The van der Waals surface area contributed by atoms with E-state index in [9.17, 15) is 10.1 Å². The Morgan fingerprint density at radius 3 is 2.69 bits per heavy atom. The molecule has 0 aliphatic heterocycles. The monoisotopic (exact) mass is 241 g/mol. The number of nitrogen functional groups attached to an aromatic ring is 1. The Balaban J connectivity index is 3.41. The minimum Gasteiger partial charge on any atom is -0.406 e. The van der Waals surface area contributed by atoms with E-state index in [-0.39, 0.29) is 17.1 Å². The van der Waals surface area contributed by atoms with Crippen LogP contribution in [0.15, 0.2) is 16.6 Å². The molecule has 0 amide bonds. The van der Waals surface area contributed by atoms with Gasteiger partial charge in [0.05, 0.1) is 17.2 Å². The zero-order valence-electron chi connectivity index (χ0n) is 6.32. The van der Waals surface area contributed by atoms with Gasteiger partial charge in [-0.1, -0.05) is 0 Å². The van der Waals surface area contributed by atoms with E-state index in [1.807, 2.05) is 0 Å². The van der Waals surface area contributed by atoms with Crippen molar-refractivity contribution in [1.29, 1.82) is 0 Å². The van der Waals surface area contributed by atoms with Crippen molar-refractivity contribution in [1.82, 2.24) is 0 Å². The molecule has 0 spiro atoms. The molecule has 0 saturated carbocycles. The lowest BCUT2D eigenvalue weighted by Crippen LogP contribution is -1.91. The van der Waals surface area contributed by atoms with Gasteiger partial charge in [-0.2, -0.15) is 0 Å². The number of halogens is 1. The molecule has 0 atom stereocenters. The van der Waals surface area contributed by atoms with E-state index in [0.29, 0.717) is 4.47 Å². The van der Waals surface area contributed by atoms with E-state index >= 15 is 0 Å². The van der Waals surface area contributed by atoms with Crippen molar-refractivity contribution in [2.75, 3.05) is 5.73 Å². The Morgan fingerprint density at radius 2 is 2.23 bits per heavy atom. The van der Waals surface area contributed by atoms with Crippen molar-refractivity contribution in [3.8, 4) is 0 Å². The first-order valence-electron chi connectivity index (χ1n) is 3.17. The number of hydrogen-bond donors (Lipinski definition) is 1. The first-order chi connectivity index (χ1) is 6.06. The van der Waals surface area contributed by atoms with Crippen molar-refractivity contribution in [2.45, 2.75) is 0 Å². The van der Waals surface area contributed by atoms with Crippen LogP contribution in [0.2, 0.25) is 0 Å². The van der Waals surface area contributed by atoms with Gasteiger partial charge in [0.2, 0.25) is 5.69 Å². The lowest BCUT2D eigenvalue weighted by Gasteiger charge is -2.00. The van der Waals surface area contributed by atoms with Crippen LogP contribution >= 0.6 is 15.9 Å². The van der Waals surface area contributed by atoms with Gasteiger partial charge in [0, 0.05) is 16.6 Å². The lowest BCUT2D eigenvalue weighted by molar-refractivity contribution is -0.384. The summed E-state index contributed by atoms with van der Waals surface area (Å²) in [6.45, 7) is 6.72. The molecule has 5 nitrogen and oxygen atoms in total. The molecule has 0 bridgehead atoms. The van der Waals surface area contributed by atoms with Crippen LogP contribution in [0.25, 0.3) is 4.85 Å². The second kappa shape index (κ2) is 3.41. The summed E-state index contributed by atoms with van der Waals surface area (Å²) in [5.74, 6) is 0. The van der Waals surface area contributed by atoms with Gasteiger partial charge in [-0.25, -0.2) is 4.85 Å². The van der Waals surface area contributed by atoms with Crippen LogP contribution < -0.4 is 5.73 Å². The zero-order chi connectivity index (χ0) is 10.0. The molecule has 2 N–H and O–H groups in total. The van der Waals surface area contributed by atoms with Crippen LogP contribution in [0.4, 0.5) is 17.1 Å². The van der Waals surface area contributed by atoms with E-state index in [4.69, 9.17) is 12.3 Å². The van der Waals surface area contributed by atoms with Gasteiger partial charge in [-0.3, -0.25) is 10.1 Å². The van der Waals surface area contributed by atoms with Crippen LogP contribution in [0.5, 0.6) is 0 Å². The molecule has 0 saturated heterocycles. The second-order valence-electron chi connectivity index (χ2n) is 2.23. The molecule has 0 heterocycles. The maximum atomic E-state index is 10.4. The molecule has 66 valence electrons. The molecule has 0 aromatic heterocycles. The summed E-state index contributed by atoms with van der Waals surface area (Å²) in [6.07, 6.45) is 0. The van der Waals surface area contributed by atoms with Crippen LogP contribution in [-0.2, 0) is 0 Å². The van der Waals surface area contributed by atoms with Crippen molar-refractivity contribution >= 4 is 33.0 Å². The van der Waals surface area contributed by atoms with Gasteiger partial charge in [-0.05, 0) is 15.9 Å². The van der Waals surface area contributed by atoms with E-state index in [0.717, 1.165) is 6.07 Å². The predicted molar refractivity (Wildman–Crippen MR) is 51.5 cm³/mol. The van der Waals surface area contributed by atoms with E-state index in [1.54, 1.807) is 0 Å². The summed E-state index contributed by atoms with van der Waals surface area (Å²) >= 11 is 3.03. The molecule has 0 radical (unpaired) electrons. The van der Waals surface area contributed by atoms with Crippen LogP contribution in [-0.4, -0.2) is 4.92 Å². The van der Waals surface area contributed by atoms with Crippen LogP contribution in [0.1, 0.15) is 0 Å². The summed E-state index contributed by atoms with van der Waals surface area (Å²) in [7, 11) is 0. The van der Waals surface area contributed by atoms with Gasteiger partial charge in [0.15, 0.2) is 0 Å². The molecular weight excluding hydrogens is 238 g/mol. The van der Waals surface area contributed by atoms with E-state index < -0.39 is 4.92 Å². The Bertz CT molecular complexity index is 411. The number of non-ortho nitro benzene ring substituents is 1. The van der Waals surface area contributed by atoms with Crippen molar-refractivity contribution in [2.24, 2.45) is 0 Å². The highest BCUT2D eigenvalue weighted by Gasteiger charge is 2.12. The van der Waals surface area contributed by atoms with E-state index in [2.05, 4.69) is 20.8 Å². The highest BCUT2D eigenvalue weighted by atomic mass is 79.9. The standard InChI is InChI=1S/C7H4BrN3O2/c1-10-6-3-4(11(12)13)2-5(8)7(6)9/h2-3H,9H2. The largest absolute Gasteiger partial charge is 0.406 e. The molecule has 6 heteroatoms. The number of nitrogens with zero attached hydrogens (tertiary/aromatic N) is 2. The summed E-state index contributed by atoms with van der Waals surface area (Å²) in [6, 6.07) is 2.41. The normalized spacial score (nSPS) is 9.23. The minimum atomic E-state index is -0.571. The first-order valence-corrected chi connectivity index (χ1v) is 3.96. The number of benzene rings is 1. The maximum absolute atomic E-state index is 10.4. The van der Waals surface area contributed by atoms with E-state index in [1.165, 1.54) is 6.07 Å². The highest BCUT2D eigenvalue weighted by molar-refractivity contribution is 9.10. The van der Waals surface area contributed by atoms with Gasteiger partial charge in [-0.15, -0.1) is 0 Å². The molecule has 0 fully saturated rings. The topological polar surface area (TPSA) is 73.5 Å². The van der Waals surface area contributed by atoms with Gasteiger partial charge >= 0.3 is 0 Å². The summed E-state index contributed by atoms with van der Waals surface area (Å²) in [5.41, 5.74) is 5.64. The average molecular weight is 242 g/mol. The summed E-state index contributed by atoms with van der Waals surface area (Å²) in [4.78, 5) is 12.9. The third kappa shape index (κ3) is 1.76. The third-order valence-corrected chi connectivity index (χ3v) is 2.08. The fourth-order valence-electron chi connectivity index (χ4n) is 0.787. The summed E-state index contributed by atoms with van der Waals surface area (Å²) < 4.78 is 0.368. The molecule has 0 unspecified atom stereocenters. The fourth-order valence-corrected chi connectivity index (χ4v) is 1.23. The van der Waals surface area contributed by atoms with Crippen LogP contribution in [0.3, 0.4) is 0 Å². The molecule has 1 rings (SSSR count). The Morgan fingerprint density at radius 1 is 1.62 bits per heavy atom. The minimum absolute atomic E-state index is 0.0843. The Hall–Kier alpha value is -1.61. The molecule has 1 aromatic carbocycles. The number of nitrogens with two attached hydrogens (primary N) is 1. The first kappa shape index (κ1) is 9.48. The third-order valence-electron chi connectivity index (χ3n) is 1.42. The van der Waals surface area contributed by atoms with Gasteiger partial charge in [0.25, 0.3) is 5.69 Å². The molecule has 0 aliphatic carbocycles. The van der Waals surface area contributed by atoms with Crippen LogP contribution in [0, 0.1) is 16.7 Å². The number of nitro groups is 1. The lowest BCUT2D eigenvalue weighted by atomic mass is 10.2. The average Bonchev–Trinajstić information content (AvgIpc) is 2.09. The molecular formula is C7H4BrN3O2. The smallest absolute Gasteiger partial charge is 0.260 e. The van der Waals surface area contributed by atoms with Gasteiger partial charge in [0.1, 0.15) is 0 Å². The Kier molecular flexibility index (Phi) is 2.49. The second-order valence-corrected chi connectivity index (χ2v) is 3.08. The fraction of sp³-hybridized carbons (Fsp3) is 0. The maximum Gasteiger partial charge on any atom is 0.260 e. The highest BCUT2D eigenvalue weighted by Crippen LogP contribution is 2.34. The quantitative estimate of drug-likeness (QED) is 0.355. The zero-order valence-corrected chi connectivity index (χ0v) is 7.91. The predicted octanol–water partition coefficient (Wildman–Crippen LogP) is 2.49. The van der Waals surface area contributed by atoms with Gasteiger partial charge < -0.3 is 5.73 Å². The summed E-state index contributed by atoms with van der Waals surface area (Å²) in [5, 5.41) is 10.4. The molecule has 13 heavy (non-hydrogen) atoms. The molecule has 1 aromatic rings. The van der Waals surface area contributed by atoms with Crippen molar-refractivity contribution in [3.05, 3.63) is 38.1 Å². The van der Waals surface area contributed by atoms with Crippen molar-refractivity contribution in [3.63, 3.8) is 0 Å². The number of nitro benzene ring substituents is 1. The SMILES string of the molecule is [C-]#[N+]c1cc([N+](=O)[O-])cc(Br)c1N. The van der Waals surface area contributed by atoms with Crippen molar-refractivity contribution < 1.29 is 4.92 Å². The Labute approximate surface area is 82.3 Å². The number of rotatable bonds is 1.